The lowest BCUT2D eigenvalue weighted by Crippen LogP contribution is -2.43. The van der Waals surface area contributed by atoms with Gasteiger partial charge >= 0.3 is 0 Å². The fourth-order valence-electron chi connectivity index (χ4n) is 2.33. The minimum Gasteiger partial charge on any atom is -0.325 e. The molecule has 1 atom stereocenters. The van der Waals surface area contributed by atoms with Gasteiger partial charge in [0.15, 0.2) is 0 Å². The molecule has 1 aliphatic heterocycles. The molecule has 20 heavy (non-hydrogen) atoms. The molecule has 1 aromatic heterocycles. The number of nitrogens with one attached hydrogen (secondary N) is 2. The second-order valence-electron chi connectivity index (χ2n) is 4.86. The SMILES string of the molecule is O=C(Nc1ccc(-n2nccn2)cc1)C1CCCCN1. The third-order valence-electron chi connectivity index (χ3n) is 3.41. The fraction of sp³-hybridized carbons (Fsp3) is 0.357. The molecular formula is C14H17N5O. The van der Waals surface area contributed by atoms with Crippen molar-refractivity contribution in [1.82, 2.24) is 20.3 Å². The molecule has 6 nitrogen and oxygen atoms in total. The van der Waals surface area contributed by atoms with Crippen LogP contribution in [0.3, 0.4) is 0 Å². The third kappa shape index (κ3) is 2.85. The molecule has 0 saturated carbocycles. The molecule has 1 aliphatic rings. The molecule has 3 rings (SSSR count). The van der Waals surface area contributed by atoms with Gasteiger partial charge in [0.25, 0.3) is 0 Å². The lowest BCUT2D eigenvalue weighted by molar-refractivity contribution is -0.118. The Morgan fingerprint density at radius 1 is 1.20 bits per heavy atom. The van der Waals surface area contributed by atoms with Crippen LogP contribution in [0.1, 0.15) is 19.3 Å². The molecular weight excluding hydrogens is 254 g/mol. The fourth-order valence-corrected chi connectivity index (χ4v) is 2.33. The zero-order chi connectivity index (χ0) is 13.8. The maximum atomic E-state index is 12.1. The van der Waals surface area contributed by atoms with Crippen LogP contribution in [-0.2, 0) is 4.79 Å². The second-order valence-corrected chi connectivity index (χ2v) is 4.86. The Morgan fingerprint density at radius 3 is 2.60 bits per heavy atom. The normalized spacial score (nSPS) is 18.7. The summed E-state index contributed by atoms with van der Waals surface area (Å²) in [5, 5.41) is 14.3. The van der Waals surface area contributed by atoms with Crippen LogP contribution < -0.4 is 10.6 Å². The van der Waals surface area contributed by atoms with Gasteiger partial charge < -0.3 is 10.6 Å². The zero-order valence-corrected chi connectivity index (χ0v) is 11.1. The van der Waals surface area contributed by atoms with Gasteiger partial charge in [-0.05, 0) is 43.7 Å². The molecule has 1 amide bonds. The summed E-state index contributed by atoms with van der Waals surface area (Å²) in [5.74, 6) is 0.0367. The summed E-state index contributed by atoms with van der Waals surface area (Å²) in [6.07, 6.45) is 6.42. The van der Waals surface area contributed by atoms with Gasteiger partial charge in [0.05, 0.1) is 24.1 Å². The van der Waals surface area contributed by atoms with Gasteiger partial charge in [-0.3, -0.25) is 4.79 Å². The number of nitrogens with zero attached hydrogens (tertiary/aromatic N) is 3. The lowest BCUT2D eigenvalue weighted by Gasteiger charge is -2.22. The number of rotatable bonds is 3. The van der Waals surface area contributed by atoms with E-state index < -0.39 is 0 Å². The Balaban J connectivity index is 1.64. The lowest BCUT2D eigenvalue weighted by atomic mass is 10.0. The van der Waals surface area contributed by atoms with Crippen molar-refractivity contribution in [3.8, 4) is 5.69 Å². The van der Waals surface area contributed by atoms with Gasteiger partial charge in [-0.25, -0.2) is 0 Å². The molecule has 0 spiro atoms. The molecule has 1 unspecified atom stereocenters. The first-order chi connectivity index (χ1) is 9.83. The number of carbonyl (C=O) groups excluding carboxylic acids is 1. The van der Waals surface area contributed by atoms with Crippen LogP contribution in [0.2, 0.25) is 0 Å². The van der Waals surface area contributed by atoms with Crippen LogP contribution in [0.4, 0.5) is 5.69 Å². The van der Waals surface area contributed by atoms with E-state index in [1.54, 1.807) is 12.4 Å². The van der Waals surface area contributed by atoms with Gasteiger partial charge in [0.1, 0.15) is 0 Å². The van der Waals surface area contributed by atoms with E-state index in [2.05, 4.69) is 20.8 Å². The molecule has 1 saturated heterocycles. The van der Waals surface area contributed by atoms with Crippen molar-refractivity contribution in [3.05, 3.63) is 36.7 Å². The van der Waals surface area contributed by atoms with Crippen molar-refractivity contribution in [1.29, 1.82) is 0 Å². The smallest absolute Gasteiger partial charge is 0.241 e. The number of piperidine rings is 1. The topological polar surface area (TPSA) is 71.8 Å². The molecule has 2 aromatic rings. The number of amides is 1. The number of hydrogen-bond acceptors (Lipinski definition) is 4. The van der Waals surface area contributed by atoms with E-state index >= 15 is 0 Å². The zero-order valence-electron chi connectivity index (χ0n) is 11.1. The minimum atomic E-state index is -0.0730. The second kappa shape index (κ2) is 5.83. The summed E-state index contributed by atoms with van der Waals surface area (Å²) in [4.78, 5) is 13.6. The highest BCUT2D eigenvalue weighted by Crippen LogP contribution is 2.14. The highest BCUT2D eigenvalue weighted by atomic mass is 16.2. The van der Waals surface area contributed by atoms with E-state index in [1.807, 2.05) is 24.3 Å². The van der Waals surface area contributed by atoms with Gasteiger partial charge in [-0.2, -0.15) is 15.0 Å². The summed E-state index contributed by atoms with van der Waals surface area (Å²) in [6, 6.07) is 7.41. The number of benzene rings is 1. The Kier molecular flexibility index (Phi) is 3.73. The van der Waals surface area contributed by atoms with Crippen LogP contribution in [-0.4, -0.2) is 33.5 Å². The van der Waals surface area contributed by atoms with Gasteiger partial charge in [0.2, 0.25) is 5.91 Å². The van der Waals surface area contributed by atoms with Crippen molar-refractivity contribution in [2.75, 3.05) is 11.9 Å². The Morgan fingerprint density at radius 2 is 1.95 bits per heavy atom. The summed E-state index contributed by atoms with van der Waals surface area (Å²) < 4.78 is 0. The monoisotopic (exact) mass is 271 g/mol. The molecule has 104 valence electrons. The Hall–Kier alpha value is -2.21. The minimum absolute atomic E-state index is 0.0367. The predicted octanol–water partition coefficient (Wildman–Crippen LogP) is 1.35. The van der Waals surface area contributed by atoms with Gasteiger partial charge in [-0.15, -0.1) is 0 Å². The summed E-state index contributed by atoms with van der Waals surface area (Å²) in [7, 11) is 0. The van der Waals surface area contributed by atoms with Crippen molar-refractivity contribution in [3.63, 3.8) is 0 Å². The van der Waals surface area contributed by atoms with Crippen molar-refractivity contribution in [2.45, 2.75) is 25.3 Å². The number of anilines is 1. The molecule has 0 radical (unpaired) electrons. The third-order valence-corrected chi connectivity index (χ3v) is 3.41. The van der Waals surface area contributed by atoms with E-state index in [-0.39, 0.29) is 11.9 Å². The molecule has 0 bridgehead atoms. The van der Waals surface area contributed by atoms with Crippen molar-refractivity contribution in [2.24, 2.45) is 0 Å². The van der Waals surface area contributed by atoms with E-state index in [0.29, 0.717) is 0 Å². The highest BCUT2D eigenvalue weighted by Gasteiger charge is 2.20. The first-order valence-electron chi connectivity index (χ1n) is 6.84. The maximum absolute atomic E-state index is 12.1. The average Bonchev–Trinajstić information content (AvgIpc) is 3.03. The summed E-state index contributed by atoms with van der Waals surface area (Å²) in [6.45, 7) is 0.919. The maximum Gasteiger partial charge on any atom is 0.241 e. The Bertz CT molecular complexity index is 558. The first-order valence-corrected chi connectivity index (χ1v) is 6.84. The number of carbonyl (C=O) groups is 1. The summed E-state index contributed by atoms with van der Waals surface area (Å²) in [5.41, 5.74) is 1.65. The van der Waals surface area contributed by atoms with Crippen LogP contribution >= 0.6 is 0 Å². The van der Waals surface area contributed by atoms with E-state index in [9.17, 15) is 4.79 Å². The molecule has 2 N–H and O–H groups in total. The quantitative estimate of drug-likeness (QED) is 0.884. The number of aromatic nitrogens is 3. The van der Waals surface area contributed by atoms with Crippen LogP contribution in [0.25, 0.3) is 5.69 Å². The summed E-state index contributed by atoms with van der Waals surface area (Å²) >= 11 is 0. The molecule has 2 heterocycles. The number of hydrogen-bond donors (Lipinski definition) is 2. The van der Waals surface area contributed by atoms with Gasteiger partial charge in [-0.1, -0.05) is 6.42 Å². The van der Waals surface area contributed by atoms with Crippen LogP contribution in [0.5, 0.6) is 0 Å². The largest absolute Gasteiger partial charge is 0.325 e. The Labute approximate surface area is 117 Å². The molecule has 0 aliphatic carbocycles. The average molecular weight is 271 g/mol. The first kappa shape index (κ1) is 12.8. The van der Waals surface area contributed by atoms with E-state index in [4.69, 9.17) is 0 Å². The van der Waals surface area contributed by atoms with Crippen LogP contribution in [0, 0.1) is 0 Å². The van der Waals surface area contributed by atoms with Crippen molar-refractivity contribution < 1.29 is 4.79 Å². The van der Waals surface area contributed by atoms with E-state index in [0.717, 1.165) is 37.2 Å². The predicted molar refractivity (Wildman–Crippen MR) is 75.6 cm³/mol. The molecule has 1 fully saturated rings. The standard InChI is InChI=1S/C14H17N5O/c20-14(13-3-1-2-8-15-13)18-11-4-6-12(7-5-11)19-16-9-10-17-19/h4-7,9-10,13,15H,1-3,8H2,(H,18,20). The highest BCUT2D eigenvalue weighted by molar-refractivity contribution is 5.94. The van der Waals surface area contributed by atoms with Gasteiger partial charge in [0, 0.05) is 5.69 Å². The molecule has 6 heteroatoms. The molecule has 1 aromatic carbocycles. The van der Waals surface area contributed by atoms with Crippen LogP contribution in [0.15, 0.2) is 36.7 Å². The van der Waals surface area contributed by atoms with E-state index in [1.165, 1.54) is 4.80 Å². The van der Waals surface area contributed by atoms with Crippen molar-refractivity contribution >= 4 is 11.6 Å².